The van der Waals surface area contributed by atoms with E-state index in [2.05, 4.69) is 15.6 Å². The first-order chi connectivity index (χ1) is 11.8. The second-order valence-electron chi connectivity index (χ2n) is 5.37. The zero-order chi connectivity index (χ0) is 18.4. The number of primary sulfonamides is 1. The van der Waals surface area contributed by atoms with E-state index >= 15 is 0 Å². The van der Waals surface area contributed by atoms with E-state index < -0.39 is 21.8 Å². The maximum atomic E-state index is 11.8. The van der Waals surface area contributed by atoms with Crippen LogP contribution >= 0.6 is 0 Å². The summed E-state index contributed by atoms with van der Waals surface area (Å²) >= 11 is 0. The number of carbonyl (C=O) groups excluding carboxylic acids is 2. The number of sulfonamides is 1. The molecule has 0 atom stereocenters. The average Bonchev–Trinajstić information content (AvgIpc) is 2.56. The molecule has 1 aromatic carbocycles. The average molecular weight is 362 g/mol. The van der Waals surface area contributed by atoms with Gasteiger partial charge in [-0.05, 0) is 42.7 Å². The van der Waals surface area contributed by atoms with Crippen LogP contribution in [0.2, 0.25) is 0 Å². The Morgan fingerprint density at radius 2 is 1.76 bits per heavy atom. The molecular weight excluding hydrogens is 344 g/mol. The number of anilines is 1. The number of nitrogens with two attached hydrogens (primary N) is 1. The van der Waals surface area contributed by atoms with Crippen molar-refractivity contribution in [2.75, 3.05) is 11.9 Å². The van der Waals surface area contributed by atoms with E-state index in [4.69, 9.17) is 5.14 Å². The number of benzene rings is 1. The third-order valence-corrected chi connectivity index (χ3v) is 4.24. The van der Waals surface area contributed by atoms with Gasteiger partial charge in [0.2, 0.25) is 10.0 Å². The Kier molecular flexibility index (Phi) is 5.84. The summed E-state index contributed by atoms with van der Waals surface area (Å²) in [6.45, 7) is 2.09. The minimum absolute atomic E-state index is 0.0188. The Morgan fingerprint density at radius 3 is 2.32 bits per heavy atom. The van der Waals surface area contributed by atoms with Crippen LogP contribution in [0, 0.1) is 6.92 Å². The van der Waals surface area contributed by atoms with Crippen molar-refractivity contribution < 1.29 is 18.0 Å². The van der Waals surface area contributed by atoms with E-state index in [-0.39, 0.29) is 11.4 Å². The van der Waals surface area contributed by atoms with E-state index in [0.717, 1.165) is 11.1 Å². The van der Waals surface area contributed by atoms with E-state index in [1.54, 1.807) is 30.5 Å². The van der Waals surface area contributed by atoms with Crippen molar-refractivity contribution >= 4 is 27.7 Å². The second-order valence-corrected chi connectivity index (χ2v) is 6.93. The summed E-state index contributed by atoms with van der Waals surface area (Å²) in [6, 6.07) is 9.36. The topological polar surface area (TPSA) is 131 Å². The molecule has 9 heteroatoms. The van der Waals surface area contributed by atoms with Crippen LogP contribution in [0.1, 0.15) is 11.1 Å². The smallest absolute Gasteiger partial charge is 0.314 e. The number of aromatic nitrogens is 1. The highest BCUT2D eigenvalue weighted by Gasteiger charge is 2.13. The molecule has 2 rings (SSSR count). The molecule has 0 fully saturated rings. The van der Waals surface area contributed by atoms with Crippen LogP contribution in [0.15, 0.2) is 47.5 Å². The highest BCUT2D eigenvalue weighted by atomic mass is 32.2. The molecule has 0 aliphatic carbocycles. The molecule has 8 nitrogen and oxygen atoms in total. The number of carbonyl (C=O) groups is 2. The third kappa shape index (κ3) is 5.66. The number of nitrogens with zero attached hydrogens (tertiary/aromatic N) is 1. The van der Waals surface area contributed by atoms with E-state index in [9.17, 15) is 18.0 Å². The Labute approximate surface area is 145 Å². The van der Waals surface area contributed by atoms with Crippen molar-refractivity contribution in [3.05, 3.63) is 53.7 Å². The molecule has 2 aromatic rings. The fraction of sp³-hybridized carbons (Fsp3) is 0.188. The van der Waals surface area contributed by atoms with Crippen LogP contribution < -0.4 is 15.8 Å². The van der Waals surface area contributed by atoms with E-state index in [1.807, 2.05) is 6.92 Å². The molecule has 4 N–H and O–H groups in total. The van der Waals surface area contributed by atoms with Gasteiger partial charge in [0.15, 0.2) is 0 Å². The lowest BCUT2D eigenvalue weighted by molar-refractivity contribution is -0.136. The van der Waals surface area contributed by atoms with Crippen LogP contribution in [-0.4, -0.2) is 31.8 Å². The van der Waals surface area contributed by atoms with Gasteiger partial charge in [-0.15, -0.1) is 0 Å². The Hall–Kier alpha value is -2.78. The van der Waals surface area contributed by atoms with Crippen LogP contribution in [-0.2, 0) is 26.0 Å². The minimum atomic E-state index is -3.73. The molecule has 0 aliphatic rings. The third-order valence-electron chi connectivity index (χ3n) is 3.31. The standard InChI is InChI=1S/C16H18N4O4S/c1-11-2-7-14(19-10-11)20-16(22)15(21)18-9-8-12-3-5-13(6-4-12)25(17,23)24/h2-7,10H,8-9H2,1H3,(H,18,21)(H2,17,23,24)(H,19,20,22). The molecular formula is C16H18N4O4S. The molecule has 0 spiro atoms. The molecule has 0 unspecified atom stereocenters. The fourth-order valence-corrected chi connectivity index (χ4v) is 2.48. The predicted octanol–water partition coefficient (Wildman–Crippen LogP) is 0.335. The van der Waals surface area contributed by atoms with Crippen molar-refractivity contribution in [1.29, 1.82) is 0 Å². The molecule has 0 aliphatic heterocycles. The Bertz CT molecular complexity index is 862. The van der Waals surface area contributed by atoms with Crippen LogP contribution in [0.4, 0.5) is 5.82 Å². The molecule has 132 valence electrons. The number of nitrogens with one attached hydrogen (secondary N) is 2. The monoisotopic (exact) mass is 362 g/mol. The molecule has 0 saturated heterocycles. The van der Waals surface area contributed by atoms with Crippen molar-refractivity contribution in [1.82, 2.24) is 10.3 Å². The summed E-state index contributed by atoms with van der Waals surface area (Å²) in [5, 5.41) is 9.90. The summed E-state index contributed by atoms with van der Waals surface area (Å²) in [4.78, 5) is 27.5. The van der Waals surface area contributed by atoms with E-state index in [0.29, 0.717) is 12.2 Å². The van der Waals surface area contributed by atoms with E-state index in [1.165, 1.54) is 12.1 Å². The maximum Gasteiger partial charge on any atom is 0.314 e. The van der Waals surface area contributed by atoms with Crippen LogP contribution in [0.3, 0.4) is 0 Å². The van der Waals surface area contributed by atoms with Crippen LogP contribution in [0.25, 0.3) is 0 Å². The van der Waals surface area contributed by atoms with Gasteiger partial charge >= 0.3 is 11.8 Å². The molecule has 1 heterocycles. The Balaban J connectivity index is 1.81. The zero-order valence-corrected chi connectivity index (χ0v) is 14.3. The van der Waals surface area contributed by atoms with Gasteiger partial charge in [-0.1, -0.05) is 18.2 Å². The first-order valence-corrected chi connectivity index (χ1v) is 8.94. The maximum absolute atomic E-state index is 11.8. The molecule has 0 radical (unpaired) electrons. The quantitative estimate of drug-likeness (QED) is 0.660. The van der Waals surface area contributed by atoms with Gasteiger partial charge < -0.3 is 10.6 Å². The number of rotatable bonds is 5. The number of hydrogen-bond acceptors (Lipinski definition) is 5. The summed E-state index contributed by atoms with van der Waals surface area (Å²) in [7, 11) is -3.73. The predicted molar refractivity (Wildman–Crippen MR) is 92.1 cm³/mol. The van der Waals surface area contributed by atoms with Gasteiger partial charge in [0, 0.05) is 12.7 Å². The van der Waals surface area contributed by atoms with Crippen molar-refractivity contribution in [2.45, 2.75) is 18.2 Å². The molecule has 2 amide bonds. The normalized spacial score (nSPS) is 11.0. The van der Waals surface area contributed by atoms with Gasteiger partial charge in [0.1, 0.15) is 5.82 Å². The highest BCUT2D eigenvalue weighted by molar-refractivity contribution is 7.89. The van der Waals surface area contributed by atoms with Crippen molar-refractivity contribution in [3.63, 3.8) is 0 Å². The first kappa shape index (κ1) is 18.6. The first-order valence-electron chi connectivity index (χ1n) is 7.39. The SMILES string of the molecule is Cc1ccc(NC(=O)C(=O)NCCc2ccc(S(N)(=O)=O)cc2)nc1. The van der Waals surface area contributed by atoms with Crippen molar-refractivity contribution in [2.24, 2.45) is 5.14 Å². The molecule has 25 heavy (non-hydrogen) atoms. The Morgan fingerprint density at radius 1 is 1.08 bits per heavy atom. The minimum Gasteiger partial charge on any atom is -0.347 e. The van der Waals surface area contributed by atoms with Crippen molar-refractivity contribution in [3.8, 4) is 0 Å². The summed E-state index contributed by atoms with van der Waals surface area (Å²) < 4.78 is 22.3. The molecule has 0 saturated carbocycles. The number of hydrogen-bond donors (Lipinski definition) is 3. The van der Waals surface area contributed by atoms with Gasteiger partial charge in [-0.25, -0.2) is 18.5 Å². The van der Waals surface area contributed by atoms with Crippen LogP contribution in [0.5, 0.6) is 0 Å². The molecule has 0 bridgehead atoms. The zero-order valence-electron chi connectivity index (χ0n) is 13.5. The fourth-order valence-electron chi connectivity index (χ4n) is 1.96. The lowest BCUT2D eigenvalue weighted by Gasteiger charge is -2.07. The largest absolute Gasteiger partial charge is 0.347 e. The number of amides is 2. The van der Waals surface area contributed by atoms with Gasteiger partial charge in [-0.3, -0.25) is 9.59 Å². The number of aryl methyl sites for hydroxylation is 1. The van der Waals surface area contributed by atoms with Gasteiger partial charge in [-0.2, -0.15) is 0 Å². The summed E-state index contributed by atoms with van der Waals surface area (Å²) in [5.74, 6) is -1.28. The lowest BCUT2D eigenvalue weighted by atomic mass is 10.1. The van der Waals surface area contributed by atoms with Gasteiger partial charge in [0.05, 0.1) is 4.90 Å². The molecule has 1 aromatic heterocycles. The number of pyridine rings is 1. The van der Waals surface area contributed by atoms with Gasteiger partial charge in [0.25, 0.3) is 0 Å². The summed E-state index contributed by atoms with van der Waals surface area (Å²) in [5.41, 5.74) is 1.74. The summed E-state index contributed by atoms with van der Waals surface area (Å²) in [6.07, 6.45) is 2.02. The second kappa shape index (κ2) is 7.86. The lowest BCUT2D eigenvalue weighted by Crippen LogP contribution is -2.36. The highest BCUT2D eigenvalue weighted by Crippen LogP contribution is 2.09.